The molecule has 8 heavy (non-hydrogen) atoms. The van der Waals surface area contributed by atoms with Crippen LogP contribution in [-0.4, -0.2) is 6.72 Å². The van der Waals surface area contributed by atoms with Crippen molar-refractivity contribution in [2.24, 2.45) is 5.10 Å². The Balaban J connectivity index is 3.19. The molecular formula is C6H10N2. The zero-order valence-corrected chi connectivity index (χ0v) is 4.96. The topological polar surface area (TPSA) is 24.4 Å². The molecule has 0 aliphatic carbocycles. The van der Waals surface area contributed by atoms with Gasteiger partial charge in [-0.2, -0.15) is 5.10 Å². The highest BCUT2D eigenvalue weighted by molar-refractivity contribution is 5.22. The van der Waals surface area contributed by atoms with Gasteiger partial charge in [0, 0.05) is 12.9 Å². The molecule has 0 aliphatic heterocycles. The molecule has 0 spiro atoms. The van der Waals surface area contributed by atoms with Crippen molar-refractivity contribution in [1.29, 1.82) is 0 Å². The van der Waals surface area contributed by atoms with Gasteiger partial charge in [0.25, 0.3) is 0 Å². The quantitative estimate of drug-likeness (QED) is 0.330. The van der Waals surface area contributed by atoms with E-state index in [9.17, 15) is 0 Å². The van der Waals surface area contributed by atoms with Gasteiger partial charge in [-0.1, -0.05) is 12.2 Å². The molecule has 0 atom stereocenters. The third-order valence-electron chi connectivity index (χ3n) is 0.566. The van der Waals surface area contributed by atoms with Crippen molar-refractivity contribution in [3.8, 4) is 0 Å². The van der Waals surface area contributed by atoms with Crippen LogP contribution in [0.1, 0.15) is 6.92 Å². The summed E-state index contributed by atoms with van der Waals surface area (Å²) in [5.74, 6) is 0. The second-order valence-electron chi connectivity index (χ2n) is 1.17. The Bertz CT molecular complexity index is 103. The average Bonchev–Trinajstić information content (AvgIpc) is 1.81. The number of hydrogen-bond acceptors (Lipinski definition) is 2. The van der Waals surface area contributed by atoms with E-state index < -0.39 is 0 Å². The summed E-state index contributed by atoms with van der Waals surface area (Å²) in [7, 11) is 0. The molecule has 0 heterocycles. The number of hydrazone groups is 1. The lowest BCUT2D eigenvalue weighted by Gasteiger charge is -1.80. The van der Waals surface area contributed by atoms with Crippen molar-refractivity contribution in [3.63, 3.8) is 0 Å². The first-order valence-corrected chi connectivity index (χ1v) is 2.41. The van der Waals surface area contributed by atoms with Crippen molar-refractivity contribution < 1.29 is 0 Å². The first-order valence-electron chi connectivity index (χ1n) is 2.41. The van der Waals surface area contributed by atoms with Crippen LogP contribution in [0.25, 0.3) is 0 Å². The summed E-state index contributed by atoms with van der Waals surface area (Å²) in [4.78, 5) is 0. The van der Waals surface area contributed by atoms with Gasteiger partial charge in [0.15, 0.2) is 0 Å². The van der Waals surface area contributed by atoms with Crippen LogP contribution in [0.5, 0.6) is 0 Å². The third-order valence-corrected chi connectivity index (χ3v) is 0.566. The van der Waals surface area contributed by atoms with E-state index in [0.29, 0.717) is 0 Å². The number of nitrogens with zero attached hydrogens (tertiary/aromatic N) is 1. The van der Waals surface area contributed by atoms with E-state index in [2.05, 4.69) is 17.2 Å². The van der Waals surface area contributed by atoms with Gasteiger partial charge in [-0.15, -0.1) is 0 Å². The highest BCUT2D eigenvalue weighted by atomic mass is 15.3. The molecule has 0 saturated carbocycles. The molecule has 0 radical (unpaired) electrons. The predicted octanol–water partition coefficient (Wildman–Crippen LogP) is 1.28. The Morgan fingerprint density at radius 1 is 1.50 bits per heavy atom. The van der Waals surface area contributed by atoms with E-state index in [0.717, 1.165) is 0 Å². The van der Waals surface area contributed by atoms with Gasteiger partial charge >= 0.3 is 0 Å². The van der Waals surface area contributed by atoms with Crippen LogP contribution >= 0.6 is 0 Å². The Morgan fingerprint density at radius 3 is 2.75 bits per heavy atom. The average molecular weight is 110 g/mol. The minimum Gasteiger partial charge on any atom is -0.286 e. The molecule has 0 fully saturated rings. The molecule has 1 N–H and O–H groups in total. The smallest absolute Gasteiger partial charge is 0.0199 e. The van der Waals surface area contributed by atoms with Crippen LogP contribution in [-0.2, 0) is 0 Å². The Labute approximate surface area is 49.6 Å². The molecule has 0 unspecified atom stereocenters. The summed E-state index contributed by atoms with van der Waals surface area (Å²) in [5.41, 5.74) is 2.57. The van der Waals surface area contributed by atoms with Gasteiger partial charge in [-0.25, -0.2) is 0 Å². The van der Waals surface area contributed by atoms with E-state index in [1.54, 1.807) is 6.20 Å². The molecule has 0 aromatic carbocycles. The van der Waals surface area contributed by atoms with Gasteiger partial charge in [-0.3, -0.25) is 5.43 Å². The summed E-state index contributed by atoms with van der Waals surface area (Å²) in [6.07, 6.45) is 7.38. The summed E-state index contributed by atoms with van der Waals surface area (Å²) in [5, 5.41) is 3.39. The fraction of sp³-hybridized carbons (Fsp3) is 0.167. The van der Waals surface area contributed by atoms with Gasteiger partial charge in [0.1, 0.15) is 0 Å². The predicted molar refractivity (Wildman–Crippen MR) is 36.6 cm³/mol. The molecule has 44 valence electrons. The van der Waals surface area contributed by atoms with Gasteiger partial charge < -0.3 is 0 Å². The summed E-state index contributed by atoms with van der Waals surface area (Å²) in [6.45, 7) is 5.17. The van der Waals surface area contributed by atoms with Crippen LogP contribution in [0.4, 0.5) is 0 Å². The summed E-state index contributed by atoms with van der Waals surface area (Å²) in [6, 6.07) is 0. The Kier molecular flexibility index (Phi) is 5.17. The van der Waals surface area contributed by atoms with E-state index in [4.69, 9.17) is 0 Å². The molecule has 0 aromatic rings. The normalized spacial score (nSPS) is 10.6. The zero-order chi connectivity index (χ0) is 6.24. The van der Waals surface area contributed by atoms with Crippen LogP contribution < -0.4 is 5.43 Å². The fourth-order valence-corrected chi connectivity index (χ4v) is 0.262. The van der Waals surface area contributed by atoms with Crippen molar-refractivity contribution in [1.82, 2.24) is 5.43 Å². The standard InChI is InChI=1S/C6H10N2/c1-3-4-5-6-8-7-2/h3-6,8H,2H2,1H3/b4-3-,6-5-. The number of rotatable bonds is 3. The highest BCUT2D eigenvalue weighted by Gasteiger charge is 1.57. The minimum atomic E-state index is 1.70. The van der Waals surface area contributed by atoms with Crippen LogP contribution in [0.2, 0.25) is 0 Å². The highest BCUT2D eigenvalue weighted by Crippen LogP contribution is 1.70. The lowest BCUT2D eigenvalue weighted by atomic mass is 10.5. The maximum Gasteiger partial charge on any atom is 0.0199 e. The molecule has 0 bridgehead atoms. The molecule has 0 aromatic heterocycles. The van der Waals surface area contributed by atoms with Crippen molar-refractivity contribution in [2.45, 2.75) is 6.92 Å². The van der Waals surface area contributed by atoms with Crippen LogP contribution in [0.3, 0.4) is 0 Å². The number of hydrogen-bond donors (Lipinski definition) is 1. The maximum absolute atomic E-state index is 3.39. The van der Waals surface area contributed by atoms with Crippen LogP contribution in [0.15, 0.2) is 29.5 Å². The molecular weight excluding hydrogens is 100 g/mol. The first-order chi connectivity index (χ1) is 3.91. The zero-order valence-electron chi connectivity index (χ0n) is 4.96. The molecule has 0 saturated heterocycles. The second-order valence-corrected chi connectivity index (χ2v) is 1.17. The molecule has 0 rings (SSSR count). The van der Waals surface area contributed by atoms with E-state index >= 15 is 0 Å². The van der Waals surface area contributed by atoms with Crippen molar-refractivity contribution in [2.75, 3.05) is 0 Å². The lowest BCUT2D eigenvalue weighted by molar-refractivity contribution is 0.981. The van der Waals surface area contributed by atoms with Gasteiger partial charge in [0.05, 0.1) is 0 Å². The second kappa shape index (κ2) is 5.95. The largest absolute Gasteiger partial charge is 0.286 e. The van der Waals surface area contributed by atoms with E-state index in [1.807, 2.05) is 25.2 Å². The first kappa shape index (κ1) is 6.95. The molecule has 0 amide bonds. The molecule has 2 heteroatoms. The fourth-order valence-electron chi connectivity index (χ4n) is 0.262. The Morgan fingerprint density at radius 2 is 2.25 bits per heavy atom. The summed E-state index contributed by atoms with van der Waals surface area (Å²) < 4.78 is 0. The molecule has 0 aliphatic rings. The monoisotopic (exact) mass is 110 g/mol. The number of nitrogens with one attached hydrogen (secondary N) is 1. The van der Waals surface area contributed by atoms with Crippen molar-refractivity contribution >= 4 is 6.72 Å². The molecule has 2 nitrogen and oxygen atoms in total. The van der Waals surface area contributed by atoms with Gasteiger partial charge in [-0.05, 0) is 13.0 Å². The minimum absolute atomic E-state index is 1.70. The van der Waals surface area contributed by atoms with E-state index in [1.165, 1.54) is 0 Å². The lowest BCUT2D eigenvalue weighted by Crippen LogP contribution is -1.88. The van der Waals surface area contributed by atoms with E-state index in [-0.39, 0.29) is 0 Å². The SMILES string of the molecule is C=NN/C=C\C=C/C. The number of allylic oxidation sites excluding steroid dienone is 3. The van der Waals surface area contributed by atoms with Crippen molar-refractivity contribution in [3.05, 3.63) is 24.4 Å². The maximum atomic E-state index is 3.39. The Hall–Kier alpha value is -1.05. The summed E-state index contributed by atoms with van der Waals surface area (Å²) >= 11 is 0. The van der Waals surface area contributed by atoms with Gasteiger partial charge in [0.2, 0.25) is 0 Å². The van der Waals surface area contributed by atoms with Crippen LogP contribution in [0, 0.1) is 0 Å². The third kappa shape index (κ3) is 4.95.